The maximum Gasteiger partial charge on any atom is 0.215 e. The van der Waals surface area contributed by atoms with Crippen molar-refractivity contribution in [2.75, 3.05) is 45.0 Å². The summed E-state index contributed by atoms with van der Waals surface area (Å²) in [5.41, 5.74) is 5.30. The molecule has 2 N–H and O–H groups in total. The molecular weight excluding hydrogens is 226 g/mol. The summed E-state index contributed by atoms with van der Waals surface area (Å²) < 4.78 is 25.0. The van der Waals surface area contributed by atoms with Crippen molar-refractivity contribution in [2.24, 2.45) is 5.73 Å². The molecule has 16 heavy (non-hydrogen) atoms. The highest BCUT2D eigenvalue weighted by atomic mass is 32.2. The largest absolute Gasteiger partial charge is 0.329 e. The lowest BCUT2D eigenvalue weighted by atomic mass is 10.3. The number of hydrogen-bond donors (Lipinski definition) is 1. The molecule has 0 saturated carbocycles. The second-order valence-corrected chi connectivity index (χ2v) is 6.29. The lowest BCUT2D eigenvalue weighted by Crippen LogP contribution is -2.49. The Bertz CT molecular complexity index is 284. The number of hydrogen-bond acceptors (Lipinski definition) is 4. The lowest BCUT2D eigenvalue weighted by Gasteiger charge is -2.33. The maximum atomic E-state index is 11.7. The van der Waals surface area contributed by atoms with Crippen molar-refractivity contribution < 1.29 is 8.42 Å². The topological polar surface area (TPSA) is 66.6 Å². The fraction of sp³-hybridized carbons (Fsp3) is 1.00. The van der Waals surface area contributed by atoms with Crippen molar-refractivity contribution in [3.63, 3.8) is 0 Å². The van der Waals surface area contributed by atoms with E-state index in [4.69, 9.17) is 5.73 Å². The van der Waals surface area contributed by atoms with Crippen LogP contribution in [0.25, 0.3) is 0 Å². The van der Waals surface area contributed by atoms with Gasteiger partial charge in [-0.15, -0.1) is 0 Å². The predicted molar refractivity (Wildman–Crippen MR) is 65.8 cm³/mol. The molecule has 0 atom stereocenters. The van der Waals surface area contributed by atoms with Gasteiger partial charge in [0.1, 0.15) is 0 Å². The van der Waals surface area contributed by atoms with E-state index >= 15 is 0 Å². The summed E-state index contributed by atoms with van der Waals surface area (Å²) in [6, 6.07) is 0. The minimum atomic E-state index is -3.10. The van der Waals surface area contributed by atoms with Crippen LogP contribution >= 0.6 is 0 Å². The first kappa shape index (κ1) is 13.9. The molecule has 0 spiro atoms. The first-order valence-electron chi connectivity index (χ1n) is 6.00. The summed E-state index contributed by atoms with van der Waals surface area (Å²) in [7, 11) is -3.10. The molecule has 1 rings (SSSR count). The molecular formula is C10H23N3O2S. The standard InChI is InChI=1S/C10H23N3O2S/c1-2-3-5-12-6-8-13(9-7-12)16(14,15)10-4-11/h2-11H2,1H3. The van der Waals surface area contributed by atoms with Crippen LogP contribution in [0.2, 0.25) is 0 Å². The van der Waals surface area contributed by atoms with Gasteiger partial charge in [0.15, 0.2) is 0 Å². The molecule has 0 aromatic rings. The molecule has 0 unspecified atom stereocenters. The van der Waals surface area contributed by atoms with Crippen LogP contribution in [0.15, 0.2) is 0 Å². The zero-order chi connectivity index (χ0) is 12.0. The van der Waals surface area contributed by atoms with Crippen molar-refractivity contribution in [1.82, 2.24) is 9.21 Å². The molecule has 5 nitrogen and oxygen atoms in total. The molecule has 1 aliphatic heterocycles. The van der Waals surface area contributed by atoms with Crippen LogP contribution in [-0.2, 0) is 10.0 Å². The summed E-state index contributed by atoms with van der Waals surface area (Å²) in [5, 5.41) is 0. The van der Waals surface area contributed by atoms with Crippen LogP contribution in [0.4, 0.5) is 0 Å². The van der Waals surface area contributed by atoms with Crippen molar-refractivity contribution in [3.8, 4) is 0 Å². The Labute approximate surface area is 98.6 Å². The van der Waals surface area contributed by atoms with Gasteiger partial charge >= 0.3 is 0 Å². The Morgan fingerprint density at radius 3 is 2.31 bits per heavy atom. The number of nitrogens with zero attached hydrogens (tertiary/aromatic N) is 2. The van der Waals surface area contributed by atoms with Crippen molar-refractivity contribution in [1.29, 1.82) is 0 Å². The first-order valence-corrected chi connectivity index (χ1v) is 7.61. The molecule has 0 aromatic carbocycles. The summed E-state index contributed by atoms with van der Waals surface area (Å²) in [6.07, 6.45) is 2.38. The molecule has 0 bridgehead atoms. The summed E-state index contributed by atoms with van der Waals surface area (Å²) >= 11 is 0. The van der Waals surface area contributed by atoms with Gasteiger partial charge in [-0.2, -0.15) is 4.31 Å². The first-order chi connectivity index (χ1) is 7.60. The van der Waals surface area contributed by atoms with Gasteiger partial charge in [0.25, 0.3) is 0 Å². The van der Waals surface area contributed by atoms with Gasteiger partial charge in [-0.1, -0.05) is 13.3 Å². The van der Waals surface area contributed by atoms with E-state index in [1.807, 2.05) is 0 Å². The van der Waals surface area contributed by atoms with Gasteiger partial charge in [0.05, 0.1) is 5.75 Å². The van der Waals surface area contributed by atoms with Crippen LogP contribution in [0.5, 0.6) is 0 Å². The fourth-order valence-corrected chi connectivity index (χ4v) is 3.17. The number of sulfonamides is 1. The fourth-order valence-electron chi connectivity index (χ4n) is 1.89. The van der Waals surface area contributed by atoms with Gasteiger partial charge in [-0.3, -0.25) is 0 Å². The second kappa shape index (κ2) is 6.54. The Morgan fingerprint density at radius 1 is 1.19 bits per heavy atom. The average molecular weight is 249 g/mol. The van der Waals surface area contributed by atoms with Gasteiger partial charge in [0.2, 0.25) is 10.0 Å². The van der Waals surface area contributed by atoms with E-state index in [1.165, 1.54) is 12.8 Å². The van der Waals surface area contributed by atoms with Gasteiger partial charge in [-0.25, -0.2) is 8.42 Å². The number of piperazine rings is 1. The summed E-state index contributed by atoms with van der Waals surface area (Å²) in [4.78, 5) is 2.33. The van der Waals surface area contributed by atoms with Crippen molar-refractivity contribution in [3.05, 3.63) is 0 Å². The quantitative estimate of drug-likeness (QED) is 0.701. The molecule has 0 aliphatic carbocycles. The third-order valence-electron chi connectivity index (χ3n) is 2.93. The van der Waals surface area contributed by atoms with Crippen LogP contribution in [0.1, 0.15) is 19.8 Å². The monoisotopic (exact) mass is 249 g/mol. The minimum Gasteiger partial charge on any atom is -0.329 e. The number of unbranched alkanes of at least 4 members (excludes halogenated alkanes) is 1. The smallest absolute Gasteiger partial charge is 0.215 e. The highest BCUT2D eigenvalue weighted by molar-refractivity contribution is 7.89. The molecule has 0 amide bonds. The Kier molecular flexibility index (Phi) is 5.68. The van der Waals surface area contributed by atoms with Crippen LogP contribution in [-0.4, -0.2) is 62.6 Å². The average Bonchev–Trinajstić information content (AvgIpc) is 2.27. The normalized spacial score (nSPS) is 20.1. The SMILES string of the molecule is CCCCN1CCN(S(=O)(=O)CCN)CC1. The van der Waals surface area contributed by atoms with E-state index in [9.17, 15) is 8.42 Å². The van der Waals surface area contributed by atoms with E-state index in [2.05, 4.69) is 11.8 Å². The molecule has 0 radical (unpaired) electrons. The molecule has 1 saturated heterocycles. The zero-order valence-electron chi connectivity index (χ0n) is 10.1. The maximum absolute atomic E-state index is 11.7. The van der Waals surface area contributed by atoms with Crippen molar-refractivity contribution in [2.45, 2.75) is 19.8 Å². The second-order valence-electron chi connectivity index (χ2n) is 4.20. The molecule has 1 aliphatic rings. The summed E-state index contributed by atoms with van der Waals surface area (Å²) in [6.45, 7) is 6.40. The van der Waals surface area contributed by atoms with Crippen LogP contribution < -0.4 is 5.73 Å². The van der Waals surface area contributed by atoms with E-state index in [0.717, 1.165) is 19.6 Å². The van der Waals surface area contributed by atoms with Gasteiger partial charge < -0.3 is 10.6 Å². The zero-order valence-corrected chi connectivity index (χ0v) is 10.9. The Morgan fingerprint density at radius 2 is 1.81 bits per heavy atom. The van der Waals surface area contributed by atoms with Crippen LogP contribution in [0.3, 0.4) is 0 Å². The number of nitrogens with two attached hydrogens (primary N) is 1. The predicted octanol–water partition coefficient (Wildman–Crippen LogP) is -0.307. The molecule has 1 fully saturated rings. The lowest BCUT2D eigenvalue weighted by molar-refractivity contribution is 0.186. The van der Waals surface area contributed by atoms with E-state index in [-0.39, 0.29) is 12.3 Å². The third kappa shape index (κ3) is 4.01. The Balaban J connectivity index is 2.37. The molecule has 1 heterocycles. The van der Waals surface area contributed by atoms with E-state index < -0.39 is 10.0 Å². The van der Waals surface area contributed by atoms with Gasteiger partial charge in [-0.05, 0) is 13.0 Å². The number of rotatable bonds is 6. The van der Waals surface area contributed by atoms with Gasteiger partial charge in [0, 0.05) is 32.7 Å². The van der Waals surface area contributed by atoms with Crippen LogP contribution in [0, 0.1) is 0 Å². The minimum absolute atomic E-state index is 0.0714. The third-order valence-corrected chi connectivity index (χ3v) is 4.83. The molecule has 0 aromatic heterocycles. The van der Waals surface area contributed by atoms with E-state index in [1.54, 1.807) is 4.31 Å². The highest BCUT2D eigenvalue weighted by Gasteiger charge is 2.25. The summed E-state index contributed by atoms with van der Waals surface area (Å²) in [5.74, 6) is 0.0714. The Hall–Kier alpha value is -0.170. The van der Waals surface area contributed by atoms with Crippen molar-refractivity contribution >= 4 is 10.0 Å². The molecule has 96 valence electrons. The molecule has 6 heteroatoms. The van der Waals surface area contributed by atoms with E-state index in [0.29, 0.717) is 13.1 Å². The highest BCUT2D eigenvalue weighted by Crippen LogP contribution is 2.08.